The summed E-state index contributed by atoms with van der Waals surface area (Å²) in [6.07, 6.45) is 0.551. The largest absolute Gasteiger partial charge is 0.328 e. The highest BCUT2D eigenvalue weighted by Gasteiger charge is 2.67. The Kier molecular flexibility index (Phi) is 2.45. The predicted molar refractivity (Wildman–Crippen MR) is 48.8 cm³/mol. The maximum Gasteiger partial charge on any atom is 0.322 e. The first kappa shape index (κ1) is 11.2. The normalized spacial score (nSPS) is 33.0. The first-order valence-corrected chi connectivity index (χ1v) is 4.07. The molecule has 3 amide bonds. The van der Waals surface area contributed by atoms with Crippen LogP contribution in [0, 0.1) is 0 Å². The van der Waals surface area contributed by atoms with Crippen molar-refractivity contribution in [3.05, 3.63) is 0 Å². The number of halogens is 2. The molecular formula is C7H11ClFN3O2. The molecule has 0 spiro atoms. The van der Waals surface area contributed by atoms with Gasteiger partial charge >= 0.3 is 6.03 Å². The van der Waals surface area contributed by atoms with Gasteiger partial charge in [0.2, 0.25) is 0 Å². The van der Waals surface area contributed by atoms with Crippen molar-refractivity contribution in [3.63, 3.8) is 0 Å². The summed E-state index contributed by atoms with van der Waals surface area (Å²) in [5.74, 6) is -0.653. The van der Waals surface area contributed by atoms with Crippen molar-refractivity contribution >= 4 is 24.3 Å². The molecular weight excluding hydrogens is 213 g/mol. The van der Waals surface area contributed by atoms with E-state index in [2.05, 4.69) is 5.32 Å². The van der Waals surface area contributed by atoms with Crippen LogP contribution in [-0.4, -0.2) is 29.7 Å². The van der Waals surface area contributed by atoms with Crippen LogP contribution in [0.3, 0.4) is 0 Å². The van der Waals surface area contributed by atoms with Crippen molar-refractivity contribution in [1.29, 1.82) is 0 Å². The first-order valence-electron chi connectivity index (χ1n) is 4.07. The van der Waals surface area contributed by atoms with Crippen molar-refractivity contribution in [2.75, 3.05) is 6.54 Å². The smallest absolute Gasteiger partial charge is 0.322 e. The van der Waals surface area contributed by atoms with Crippen LogP contribution in [-0.2, 0) is 4.79 Å². The van der Waals surface area contributed by atoms with Gasteiger partial charge in [-0.1, -0.05) is 0 Å². The number of alkyl halides is 1. The fourth-order valence-electron chi connectivity index (χ4n) is 1.67. The molecule has 2 fully saturated rings. The van der Waals surface area contributed by atoms with Gasteiger partial charge < -0.3 is 11.1 Å². The molecule has 1 saturated carbocycles. The number of hydrogen-bond acceptors (Lipinski definition) is 3. The number of imide groups is 1. The van der Waals surface area contributed by atoms with Crippen molar-refractivity contribution in [3.8, 4) is 0 Å². The Bertz CT molecular complexity index is 295. The summed E-state index contributed by atoms with van der Waals surface area (Å²) in [5, 5.41) is 4.27. The molecule has 14 heavy (non-hydrogen) atoms. The van der Waals surface area contributed by atoms with Crippen LogP contribution >= 0.6 is 12.4 Å². The lowest BCUT2D eigenvalue weighted by Crippen LogP contribution is -2.61. The zero-order chi connectivity index (χ0) is 9.69. The van der Waals surface area contributed by atoms with Crippen LogP contribution in [0.1, 0.15) is 12.8 Å². The second-order valence-corrected chi connectivity index (χ2v) is 3.48. The maximum atomic E-state index is 13.7. The molecule has 0 aromatic rings. The average Bonchev–Trinajstić information content (AvgIpc) is 2.72. The minimum absolute atomic E-state index is 0. The predicted octanol–water partition coefficient (Wildman–Crippen LogP) is -0.553. The number of rotatable bonds is 2. The molecule has 80 valence electrons. The lowest BCUT2D eigenvalue weighted by atomic mass is 9.91. The Morgan fingerprint density at radius 2 is 2.00 bits per heavy atom. The summed E-state index contributed by atoms with van der Waals surface area (Å²) >= 11 is 0. The number of carbonyl (C=O) groups excluding carboxylic acids is 2. The number of amides is 3. The monoisotopic (exact) mass is 223 g/mol. The van der Waals surface area contributed by atoms with Gasteiger partial charge in [-0.25, -0.2) is 9.18 Å². The summed E-state index contributed by atoms with van der Waals surface area (Å²) < 4.78 is 13.7. The zero-order valence-corrected chi connectivity index (χ0v) is 8.12. The molecule has 0 aromatic heterocycles. The number of nitrogens with one attached hydrogen (secondary N) is 2. The minimum Gasteiger partial charge on any atom is -0.328 e. The van der Waals surface area contributed by atoms with E-state index in [4.69, 9.17) is 5.73 Å². The second-order valence-electron chi connectivity index (χ2n) is 3.48. The van der Waals surface area contributed by atoms with Crippen LogP contribution in [0.25, 0.3) is 0 Å². The van der Waals surface area contributed by atoms with Gasteiger partial charge in [-0.2, -0.15) is 0 Å². The van der Waals surface area contributed by atoms with Gasteiger partial charge in [-0.3, -0.25) is 10.1 Å². The van der Waals surface area contributed by atoms with Gasteiger partial charge in [0.15, 0.2) is 5.54 Å². The first-order chi connectivity index (χ1) is 6.04. The Labute approximate surface area is 86.0 Å². The third-order valence-electron chi connectivity index (χ3n) is 2.70. The molecule has 2 rings (SSSR count). The molecule has 1 aliphatic carbocycles. The fourth-order valence-corrected chi connectivity index (χ4v) is 1.67. The van der Waals surface area contributed by atoms with Crippen molar-refractivity contribution in [1.82, 2.24) is 10.6 Å². The third-order valence-corrected chi connectivity index (χ3v) is 2.70. The van der Waals surface area contributed by atoms with Gasteiger partial charge in [-0.15, -0.1) is 12.4 Å². The molecule has 5 nitrogen and oxygen atoms in total. The second kappa shape index (κ2) is 3.06. The van der Waals surface area contributed by atoms with Crippen LogP contribution in [0.15, 0.2) is 0 Å². The molecule has 1 heterocycles. The maximum absolute atomic E-state index is 13.7. The molecule has 7 heteroatoms. The van der Waals surface area contributed by atoms with Gasteiger partial charge in [0.1, 0.15) is 5.67 Å². The lowest BCUT2D eigenvalue weighted by molar-refractivity contribution is -0.126. The van der Waals surface area contributed by atoms with E-state index in [1.54, 1.807) is 0 Å². The van der Waals surface area contributed by atoms with Gasteiger partial charge in [0.05, 0.1) is 0 Å². The number of hydrogen-bond donors (Lipinski definition) is 3. The fraction of sp³-hybridized carbons (Fsp3) is 0.714. The molecule has 1 atom stereocenters. The SMILES string of the molecule is Cl.NCC1(C2(F)CC2)NC(=O)NC1=O. The van der Waals surface area contributed by atoms with Crippen LogP contribution in [0.5, 0.6) is 0 Å². The highest BCUT2D eigenvalue weighted by Crippen LogP contribution is 2.49. The summed E-state index contributed by atoms with van der Waals surface area (Å²) in [4.78, 5) is 22.1. The van der Waals surface area contributed by atoms with E-state index in [1.807, 2.05) is 5.32 Å². The van der Waals surface area contributed by atoms with Crippen molar-refractivity contribution in [2.24, 2.45) is 5.73 Å². The molecule has 1 unspecified atom stereocenters. The molecule has 0 bridgehead atoms. The summed E-state index contributed by atoms with van der Waals surface area (Å²) in [5.41, 5.74) is 2.17. The standard InChI is InChI=1S/C7H10FN3O2.ClH/c8-6(1-2-6)7(3-9)4(12)10-5(13)11-7;/h1-3,9H2,(H2,10,11,12,13);1H. The van der Waals surface area contributed by atoms with E-state index >= 15 is 0 Å². The van der Waals surface area contributed by atoms with E-state index in [-0.39, 0.29) is 31.8 Å². The molecule has 0 radical (unpaired) electrons. The topological polar surface area (TPSA) is 84.2 Å². The van der Waals surface area contributed by atoms with E-state index < -0.39 is 23.1 Å². The molecule has 4 N–H and O–H groups in total. The highest BCUT2D eigenvalue weighted by molar-refractivity contribution is 6.08. The molecule has 0 aromatic carbocycles. The highest BCUT2D eigenvalue weighted by atomic mass is 35.5. The Morgan fingerprint density at radius 1 is 1.43 bits per heavy atom. The quantitative estimate of drug-likeness (QED) is 0.549. The molecule has 2 aliphatic rings. The lowest BCUT2D eigenvalue weighted by Gasteiger charge is -2.27. The van der Waals surface area contributed by atoms with Gasteiger partial charge in [0, 0.05) is 6.54 Å². The van der Waals surface area contributed by atoms with E-state index in [0.717, 1.165) is 0 Å². The summed E-state index contributed by atoms with van der Waals surface area (Å²) in [7, 11) is 0. The molecule has 1 saturated heterocycles. The number of nitrogens with two attached hydrogens (primary N) is 1. The van der Waals surface area contributed by atoms with E-state index in [1.165, 1.54) is 0 Å². The van der Waals surface area contributed by atoms with Crippen molar-refractivity contribution < 1.29 is 14.0 Å². The summed E-state index contributed by atoms with van der Waals surface area (Å²) in [6, 6.07) is -0.667. The van der Waals surface area contributed by atoms with Crippen LogP contribution in [0.4, 0.5) is 9.18 Å². The van der Waals surface area contributed by atoms with E-state index in [0.29, 0.717) is 0 Å². The third kappa shape index (κ3) is 1.18. The van der Waals surface area contributed by atoms with Crippen LogP contribution < -0.4 is 16.4 Å². The van der Waals surface area contributed by atoms with E-state index in [9.17, 15) is 14.0 Å². The Morgan fingerprint density at radius 3 is 2.29 bits per heavy atom. The van der Waals surface area contributed by atoms with Crippen LogP contribution in [0.2, 0.25) is 0 Å². The molecule has 1 aliphatic heterocycles. The summed E-state index contributed by atoms with van der Waals surface area (Å²) in [6.45, 7) is -0.207. The van der Waals surface area contributed by atoms with Gasteiger partial charge in [0.25, 0.3) is 5.91 Å². The van der Waals surface area contributed by atoms with Gasteiger partial charge in [-0.05, 0) is 12.8 Å². The number of urea groups is 1. The number of carbonyl (C=O) groups is 2. The Hall–Kier alpha value is -0.880. The van der Waals surface area contributed by atoms with Crippen molar-refractivity contribution in [2.45, 2.75) is 24.0 Å². The zero-order valence-electron chi connectivity index (χ0n) is 7.30. The average molecular weight is 224 g/mol. The minimum atomic E-state index is -1.64. The Balaban J connectivity index is 0.000000980.